The van der Waals surface area contributed by atoms with Gasteiger partial charge in [0.05, 0.1) is 10.6 Å². The first-order valence-electron chi connectivity index (χ1n) is 10.7. The summed E-state index contributed by atoms with van der Waals surface area (Å²) in [6.07, 6.45) is 3.91. The van der Waals surface area contributed by atoms with E-state index in [0.29, 0.717) is 23.8 Å². The second-order valence-electron chi connectivity index (χ2n) is 7.87. The number of carbonyl (C=O) groups excluding carboxylic acids is 1. The first-order valence-corrected chi connectivity index (χ1v) is 13.9. The minimum absolute atomic E-state index is 0.231. The highest BCUT2D eigenvalue weighted by molar-refractivity contribution is 7.98. The molecule has 2 aliphatic rings. The quantitative estimate of drug-likeness (QED) is 0.547. The van der Waals surface area contributed by atoms with Crippen molar-refractivity contribution < 1.29 is 13.2 Å². The fraction of sp³-hybridized carbons (Fsp3) is 0.304. The Kier molecular flexibility index (Phi) is 6.07. The number of hydrogen-bond donors (Lipinski definition) is 1. The molecule has 6 nitrogen and oxygen atoms in total. The van der Waals surface area contributed by atoms with E-state index >= 15 is 0 Å². The van der Waals surface area contributed by atoms with Gasteiger partial charge in [0.2, 0.25) is 10.0 Å². The zero-order valence-electron chi connectivity index (χ0n) is 17.4. The molecule has 166 valence electrons. The van der Waals surface area contributed by atoms with Gasteiger partial charge in [-0.05, 0) is 43.2 Å². The van der Waals surface area contributed by atoms with Crippen molar-refractivity contribution in [3.05, 3.63) is 59.0 Å². The number of rotatable bonds is 4. The summed E-state index contributed by atoms with van der Waals surface area (Å²) in [4.78, 5) is 20.0. The van der Waals surface area contributed by atoms with Crippen molar-refractivity contribution in [3.8, 4) is 11.3 Å². The highest BCUT2D eigenvalue weighted by Gasteiger charge is 2.26. The monoisotopic (exact) mass is 485 g/mol. The standard InChI is InChI=1S/C23H23N3O3S3/c27-22(25-23-24-21-18-7-3-4-8-19(18)30-15-20(21)31-23)16-9-11-17(12-10-16)32(28,29)26-13-5-1-2-6-14-26/h3-4,7-12H,1-2,5-6,13-15H2,(H,24,25,27). The van der Waals surface area contributed by atoms with Crippen molar-refractivity contribution in [2.75, 3.05) is 18.4 Å². The third kappa shape index (κ3) is 4.22. The van der Waals surface area contributed by atoms with Gasteiger partial charge < -0.3 is 0 Å². The summed E-state index contributed by atoms with van der Waals surface area (Å²) in [6, 6.07) is 14.3. The van der Waals surface area contributed by atoms with Crippen LogP contribution in [-0.4, -0.2) is 36.7 Å². The topological polar surface area (TPSA) is 79.4 Å². The molecule has 0 radical (unpaired) electrons. The van der Waals surface area contributed by atoms with Gasteiger partial charge in [-0.1, -0.05) is 31.0 Å². The first-order chi connectivity index (χ1) is 15.5. The van der Waals surface area contributed by atoms with Crippen molar-refractivity contribution in [1.82, 2.24) is 9.29 Å². The van der Waals surface area contributed by atoms with E-state index < -0.39 is 10.0 Å². The highest BCUT2D eigenvalue weighted by atomic mass is 32.2. The molecular weight excluding hydrogens is 462 g/mol. The molecule has 1 amide bonds. The van der Waals surface area contributed by atoms with Crippen molar-refractivity contribution in [2.45, 2.75) is 41.2 Å². The summed E-state index contributed by atoms with van der Waals surface area (Å²) in [5.41, 5.74) is 2.43. The van der Waals surface area contributed by atoms with Gasteiger partial charge in [-0.15, -0.1) is 23.1 Å². The third-order valence-electron chi connectivity index (χ3n) is 5.74. The second-order valence-corrected chi connectivity index (χ2v) is 11.9. The molecule has 1 aromatic heterocycles. The molecule has 9 heteroatoms. The van der Waals surface area contributed by atoms with Crippen molar-refractivity contribution in [3.63, 3.8) is 0 Å². The van der Waals surface area contributed by atoms with Crippen LogP contribution in [0.15, 0.2) is 58.3 Å². The van der Waals surface area contributed by atoms with Gasteiger partial charge >= 0.3 is 0 Å². The van der Waals surface area contributed by atoms with E-state index in [2.05, 4.69) is 22.4 Å². The molecule has 0 bridgehead atoms. The first kappa shape index (κ1) is 21.6. The molecule has 5 rings (SSSR count). The maximum absolute atomic E-state index is 12.9. The van der Waals surface area contributed by atoms with Crippen LogP contribution in [0.25, 0.3) is 11.3 Å². The lowest BCUT2D eigenvalue weighted by molar-refractivity contribution is 0.102. The molecule has 2 aliphatic heterocycles. The number of thiazole rings is 1. The number of amides is 1. The van der Waals surface area contributed by atoms with Crippen LogP contribution in [0.2, 0.25) is 0 Å². The molecule has 2 aromatic carbocycles. The molecule has 0 unspecified atom stereocenters. The van der Waals surface area contributed by atoms with E-state index in [-0.39, 0.29) is 10.8 Å². The molecule has 0 atom stereocenters. The number of fused-ring (bicyclic) bond motifs is 3. The van der Waals surface area contributed by atoms with Crippen LogP contribution in [-0.2, 0) is 15.8 Å². The Bertz CT molecular complexity index is 1240. The fourth-order valence-corrected chi connectivity index (χ4v) is 7.64. The molecule has 3 aromatic rings. The van der Waals surface area contributed by atoms with E-state index in [0.717, 1.165) is 47.6 Å². The predicted octanol–water partition coefficient (Wildman–Crippen LogP) is 5.23. The summed E-state index contributed by atoms with van der Waals surface area (Å²) in [7, 11) is -3.53. The minimum Gasteiger partial charge on any atom is -0.298 e. The summed E-state index contributed by atoms with van der Waals surface area (Å²) >= 11 is 3.26. The van der Waals surface area contributed by atoms with Crippen LogP contribution in [0.5, 0.6) is 0 Å². The van der Waals surface area contributed by atoms with Crippen LogP contribution in [0.4, 0.5) is 5.13 Å². The maximum Gasteiger partial charge on any atom is 0.257 e. The lowest BCUT2D eigenvalue weighted by atomic mass is 10.1. The lowest BCUT2D eigenvalue weighted by Crippen LogP contribution is -2.31. The number of anilines is 1. The average Bonchev–Trinajstić information content (AvgIpc) is 3.02. The van der Waals surface area contributed by atoms with Crippen LogP contribution in [0, 0.1) is 0 Å². The number of benzene rings is 2. The Hall–Kier alpha value is -2.20. The fourth-order valence-electron chi connectivity index (χ4n) is 4.02. The van der Waals surface area contributed by atoms with Gasteiger partial charge in [0, 0.05) is 39.7 Å². The smallest absolute Gasteiger partial charge is 0.257 e. The molecule has 0 spiro atoms. The van der Waals surface area contributed by atoms with Crippen molar-refractivity contribution >= 4 is 44.2 Å². The van der Waals surface area contributed by atoms with E-state index in [4.69, 9.17) is 0 Å². The summed E-state index contributed by atoms with van der Waals surface area (Å²) in [5.74, 6) is 0.541. The van der Waals surface area contributed by atoms with Gasteiger partial charge in [0.15, 0.2) is 5.13 Å². The predicted molar refractivity (Wildman–Crippen MR) is 129 cm³/mol. The van der Waals surface area contributed by atoms with Gasteiger partial charge in [0.25, 0.3) is 5.91 Å². The third-order valence-corrected chi connectivity index (χ3v) is 9.90. The number of sulfonamides is 1. The second kappa shape index (κ2) is 8.97. The van der Waals surface area contributed by atoms with Crippen molar-refractivity contribution in [2.24, 2.45) is 0 Å². The number of thioether (sulfide) groups is 1. The molecule has 0 aliphatic carbocycles. The number of nitrogens with zero attached hydrogens (tertiary/aromatic N) is 2. The number of nitrogens with one attached hydrogen (secondary N) is 1. The number of carbonyl (C=O) groups is 1. The summed E-state index contributed by atoms with van der Waals surface area (Å²) in [6.45, 7) is 1.11. The minimum atomic E-state index is -3.53. The van der Waals surface area contributed by atoms with Gasteiger partial charge in [0.1, 0.15) is 0 Å². The van der Waals surface area contributed by atoms with Crippen LogP contribution in [0.1, 0.15) is 40.9 Å². The highest BCUT2D eigenvalue weighted by Crippen LogP contribution is 2.44. The largest absolute Gasteiger partial charge is 0.298 e. The Balaban J connectivity index is 1.32. The zero-order valence-corrected chi connectivity index (χ0v) is 19.9. The normalized spacial score (nSPS) is 16.6. The van der Waals surface area contributed by atoms with Gasteiger partial charge in [-0.25, -0.2) is 13.4 Å². The number of hydrogen-bond acceptors (Lipinski definition) is 6. The Labute approximate surface area is 196 Å². The summed E-state index contributed by atoms with van der Waals surface area (Å²) in [5, 5.41) is 3.43. The lowest BCUT2D eigenvalue weighted by Gasteiger charge is -2.20. The summed E-state index contributed by atoms with van der Waals surface area (Å²) < 4.78 is 27.4. The molecule has 1 saturated heterocycles. The van der Waals surface area contributed by atoms with E-state index in [9.17, 15) is 13.2 Å². The molecular formula is C23H23N3O3S3. The SMILES string of the molecule is O=C(Nc1nc2c(s1)CSc1ccccc1-2)c1ccc(S(=O)(=O)N2CCCCCC2)cc1. The molecule has 1 fully saturated rings. The molecule has 1 N–H and O–H groups in total. The number of aromatic nitrogens is 1. The molecule has 32 heavy (non-hydrogen) atoms. The van der Waals surface area contributed by atoms with Crippen molar-refractivity contribution in [1.29, 1.82) is 0 Å². The van der Waals surface area contributed by atoms with E-state index in [1.54, 1.807) is 28.2 Å². The van der Waals surface area contributed by atoms with E-state index in [1.807, 2.05) is 12.1 Å². The van der Waals surface area contributed by atoms with Gasteiger partial charge in [-0.3, -0.25) is 10.1 Å². The van der Waals surface area contributed by atoms with Crippen LogP contribution < -0.4 is 5.32 Å². The Morgan fingerprint density at radius 3 is 2.44 bits per heavy atom. The van der Waals surface area contributed by atoms with Crippen LogP contribution in [0.3, 0.4) is 0 Å². The zero-order chi connectivity index (χ0) is 22.1. The Morgan fingerprint density at radius 2 is 1.69 bits per heavy atom. The molecule has 0 saturated carbocycles. The molecule has 3 heterocycles. The van der Waals surface area contributed by atoms with E-state index in [1.165, 1.54) is 28.4 Å². The Morgan fingerprint density at radius 1 is 0.969 bits per heavy atom. The maximum atomic E-state index is 12.9. The van der Waals surface area contributed by atoms with Gasteiger partial charge in [-0.2, -0.15) is 4.31 Å². The average molecular weight is 486 g/mol. The van der Waals surface area contributed by atoms with Crippen LogP contribution >= 0.6 is 23.1 Å².